The molecule has 0 saturated carbocycles. The second kappa shape index (κ2) is 18.0. The van der Waals surface area contributed by atoms with Crippen LogP contribution in [0.5, 0.6) is 5.75 Å². The molecule has 0 fully saturated rings. The van der Waals surface area contributed by atoms with Crippen molar-refractivity contribution in [3.05, 3.63) is 180 Å². The highest BCUT2D eigenvalue weighted by Crippen LogP contribution is 2.49. The van der Waals surface area contributed by atoms with Gasteiger partial charge < -0.3 is 23.9 Å². The summed E-state index contributed by atoms with van der Waals surface area (Å²) in [6.45, 7) is 5.07. The van der Waals surface area contributed by atoms with Crippen molar-refractivity contribution in [2.75, 3.05) is 18.1 Å². The molecule has 2 heterocycles. The third-order valence-corrected chi connectivity index (χ3v) is 11.2. The maximum Gasteiger partial charge on any atom is 0.416 e. The number of halogens is 3. The summed E-state index contributed by atoms with van der Waals surface area (Å²) in [5, 5.41) is 12.7. The van der Waals surface area contributed by atoms with Gasteiger partial charge in [-0.05, 0) is 82.2 Å². The standard InChI is InChI=1S/C51H43F3N2O7/c1-3-11-46(62-32(2)58)48-47(43-30-39(61-27-10-26-57)22-24-44(43)56(48)49(59)37-21-20-33-12-4-5-14-35(33)28-37)55(50(60)42-19-9-15-34-13-6-7-18-41(34)42)31-40-23-25-45(63-40)36-16-8-17-38(29-36)51(52,53)54/h3-9,12-25,28-30,46-48,57H,1,10-11,26-27,31H2,2H3/t46?,47-,48+/m0/s1. The van der Waals surface area contributed by atoms with Gasteiger partial charge in [-0.15, -0.1) is 6.58 Å². The number of carbonyl (C=O) groups is 3. The summed E-state index contributed by atoms with van der Waals surface area (Å²) in [4.78, 5) is 47.0. The molecule has 12 heteroatoms. The van der Waals surface area contributed by atoms with Crippen molar-refractivity contribution < 1.29 is 46.6 Å². The third-order valence-electron chi connectivity index (χ3n) is 11.2. The molecule has 1 aliphatic rings. The smallest absolute Gasteiger partial charge is 0.416 e. The fraction of sp³-hybridized carbons (Fsp3) is 0.196. The molecule has 0 spiro atoms. The largest absolute Gasteiger partial charge is 0.493 e. The Hall–Kier alpha value is -7.18. The van der Waals surface area contributed by atoms with Crippen LogP contribution in [0.25, 0.3) is 32.9 Å². The average molecular weight is 853 g/mol. The molecule has 1 unspecified atom stereocenters. The first kappa shape index (κ1) is 42.5. The quantitative estimate of drug-likeness (QED) is 0.0659. The highest BCUT2D eigenvalue weighted by atomic mass is 19.4. The molecule has 0 bridgehead atoms. The number of furan rings is 1. The van der Waals surface area contributed by atoms with Crippen LogP contribution in [-0.4, -0.2) is 53.1 Å². The maximum atomic E-state index is 15.6. The summed E-state index contributed by atoms with van der Waals surface area (Å²) in [6, 6.07) is 36.8. The third kappa shape index (κ3) is 8.80. The summed E-state index contributed by atoms with van der Waals surface area (Å²) in [6.07, 6.45) is -3.60. The minimum Gasteiger partial charge on any atom is -0.493 e. The van der Waals surface area contributed by atoms with Gasteiger partial charge in [0.05, 0.1) is 36.5 Å². The van der Waals surface area contributed by atoms with Crippen LogP contribution in [-0.2, 0) is 22.3 Å². The Balaban J connectivity index is 1.34. The number of carbonyl (C=O) groups excluding carboxylic acids is 3. The number of hydrogen-bond acceptors (Lipinski definition) is 7. The van der Waals surface area contributed by atoms with Crippen LogP contribution in [0.2, 0.25) is 0 Å². The predicted molar refractivity (Wildman–Crippen MR) is 234 cm³/mol. The fourth-order valence-corrected chi connectivity index (χ4v) is 8.38. The predicted octanol–water partition coefficient (Wildman–Crippen LogP) is 11.0. The maximum absolute atomic E-state index is 15.6. The van der Waals surface area contributed by atoms with Gasteiger partial charge in [-0.2, -0.15) is 13.2 Å². The van der Waals surface area contributed by atoms with Crippen molar-refractivity contribution in [2.24, 2.45) is 0 Å². The summed E-state index contributed by atoms with van der Waals surface area (Å²) >= 11 is 0. The molecule has 1 aliphatic heterocycles. The molecule has 0 aliphatic carbocycles. The van der Waals surface area contributed by atoms with Crippen molar-refractivity contribution in [3.8, 4) is 17.1 Å². The molecular weight excluding hydrogens is 810 g/mol. The second-order valence-electron chi connectivity index (χ2n) is 15.3. The van der Waals surface area contributed by atoms with Crippen LogP contribution in [0.1, 0.15) is 63.4 Å². The molecule has 0 saturated heterocycles. The van der Waals surface area contributed by atoms with E-state index in [1.807, 2.05) is 60.7 Å². The lowest BCUT2D eigenvalue weighted by molar-refractivity contribution is -0.148. The zero-order valence-electron chi connectivity index (χ0n) is 34.3. The van der Waals surface area contributed by atoms with Gasteiger partial charge in [-0.25, -0.2) is 0 Å². The van der Waals surface area contributed by atoms with E-state index < -0.39 is 47.7 Å². The Labute approximate surface area is 361 Å². The van der Waals surface area contributed by atoms with Crippen LogP contribution < -0.4 is 9.64 Å². The number of anilines is 1. The van der Waals surface area contributed by atoms with Gasteiger partial charge in [0.15, 0.2) is 0 Å². The van der Waals surface area contributed by atoms with Crippen LogP contribution in [0.3, 0.4) is 0 Å². The lowest BCUT2D eigenvalue weighted by atomic mass is 9.93. The lowest BCUT2D eigenvalue weighted by Crippen LogP contribution is -2.52. The number of fused-ring (bicyclic) bond motifs is 3. The SMILES string of the molecule is C=CCC(OC(C)=O)[C@@H]1[C@@H](N(Cc2ccc(-c3cccc(C(F)(F)F)c3)o2)C(=O)c2cccc3ccccc23)c2cc(OCCCO)ccc2N1C(=O)c1ccc2ccccc2c1. The molecule has 6 aromatic carbocycles. The molecule has 63 heavy (non-hydrogen) atoms. The summed E-state index contributed by atoms with van der Waals surface area (Å²) in [5.41, 5.74) is 0.944. The molecule has 0 radical (unpaired) electrons. The minimum atomic E-state index is -4.58. The van der Waals surface area contributed by atoms with E-state index in [-0.39, 0.29) is 43.3 Å². The van der Waals surface area contributed by atoms with Crippen LogP contribution >= 0.6 is 0 Å². The molecule has 8 rings (SSSR count). The molecule has 9 nitrogen and oxygen atoms in total. The van der Waals surface area contributed by atoms with E-state index in [0.717, 1.165) is 28.3 Å². The van der Waals surface area contributed by atoms with E-state index in [9.17, 15) is 23.1 Å². The number of benzene rings is 6. The Morgan fingerprint density at radius 1 is 0.857 bits per heavy atom. The second-order valence-corrected chi connectivity index (χ2v) is 15.3. The van der Waals surface area contributed by atoms with Crippen molar-refractivity contribution in [1.82, 2.24) is 4.90 Å². The zero-order valence-corrected chi connectivity index (χ0v) is 34.3. The van der Waals surface area contributed by atoms with Gasteiger partial charge in [-0.1, -0.05) is 84.9 Å². The number of ether oxygens (including phenoxy) is 2. The fourth-order valence-electron chi connectivity index (χ4n) is 8.38. The van der Waals surface area contributed by atoms with E-state index in [1.54, 1.807) is 70.5 Å². The number of aliphatic hydroxyl groups is 1. The van der Waals surface area contributed by atoms with E-state index in [0.29, 0.717) is 39.9 Å². The summed E-state index contributed by atoms with van der Waals surface area (Å²) in [7, 11) is 0. The Morgan fingerprint density at radius 3 is 2.37 bits per heavy atom. The molecular formula is C51H43F3N2O7. The lowest BCUT2D eigenvalue weighted by Gasteiger charge is -2.39. The Bertz CT molecular complexity index is 2830. The molecule has 320 valence electrons. The molecule has 1 N–H and O–H groups in total. The van der Waals surface area contributed by atoms with Crippen molar-refractivity contribution in [3.63, 3.8) is 0 Å². The van der Waals surface area contributed by atoms with Crippen LogP contribution in [0.15, 0.2) is 157 Å². The normalized spacial score (nSPS) is 15.2. The van der Waals surface area contributed by atoms with Gasteiger partial charge in [0.25, 0.3) is 11.8 Å². The number of aliphatic hydroxyl groups excluding tert-OH is 1. The monoisotopic (exact) mass is 852 g/mol. The van der Waals surface area contributed by atoms with Crippen molar-refractivity contribution >= 4 is 45.0 Å². The van der Waals surface area contributed by atoms with Crippen molar-refractivity contribution in [1.29, 1.82) is 0 Å². The molecule has 2 amide bonds. The highest BCUT2D eigenvalue weighted by molar-refractivity contribution is 6.11. The van der Waals surface area contributed by atoms with Crippen LogP contribution in [0, 0.1) is 0 Å². The van der Waals surface area contributed by atoms with E-state index in [1.165, 1.54) is 19.1 Å². The van der Waals surface area contributed by atoms with Crippen molar-refractivity contribution in [2.45, 2.75) is 50.7 Å². The van der Waals surface area contributed by atoms with Gasteiger partial charge >= 0.3 is 12.1 Å². The van der Waals surface area contributed by atoms with E-state index >= 15 is 9.59 Å². The van der Waals surface area contributed by atoms with E-state index in [2.05, 4.69) is 6.58 Å². The van der Waals surface area contributed by atoms with Gasteiger partial charge in [0.1, 0.15) is 23.4 Å². The van der Waals surface area contributed by atoms with Gasteiger partial charge in [-0.3, -0.25) is 19.3 Å². The first-order valence-corrected chi connectivity index (χ1v) is 20.5. The number of esters is 1. The molecule has 7 aromatic rings. The van der Waals surface area contributed by atoms with Gasteiger partial charge in [0, 0.05) is 48.6 Å². The zero-order chi connectivity index (χ0) is 44.3. The Morgan fingerprint density at radius 2 is 1.60 bits per heavy atom. The Kier molecular flexibility index (Phi) is 12.2. The number of amides is 2. The van der Waals surface area contributed by atoms with Gasteiger partial charge in [0.2, 0.25) is 0 Å². The topological polar surface area (TPSA) is 110 Å². The number of nitrogens with zero attached hydrogens (tertiary/aromatic N) is 2. The first-order chi connectivity index (χ1) is 30.4. The number of alkyl halides is 3. The van der Waals surface area contributed by atoms with E-state index in [4.69, 9.17) is 13.9 Å². The summed E-state index contributed by atoms with van der Waals surface area (Å²) in [5.74, 6) is -0.719. The minimum absolute atomic E-state index is 0.0901. The van der Waals surface area contributed by atoms with Crippen LogP contribution in [0.4, 0.5) is 18.9 Å². The molecule has 3 atom stereocenters. The number of rotatable bonds is 14. The first-order valence-electron chi connectivity index (χ1n) is 20.5. The molecule has 1 aromatic heterocycles. The highest BCUT2D eigenvalue weighted by Gasteiger charge is 2.51. The average Bonchev–Trinajstić information content (AvgIpc) is 3.89. The summed E-state index contributed by atoms with van der Waals surface area (Å²) < 4.78 is 59.7. The number of hydrogen-bond donors (Lipinski definition) is 1.